The van der Waals surface area contributed by atoms with Crippen LogP contribution in [0.2, 0.25) is 0 Å². The van der Waals surface area contributed by atoms with Gasteiger partial charge in [0.25, 0.3) is 0 Å². The molecule has 2 unspecified atom stereocenters. The van der Waals surface area contributed by atoms with Crippen molar-refractivity contribution in [2.24, 2.45) is 0 Å². The fourth-order valence-electron chi connectivity index (χ4n) is 3.23. The third kappa shape index (κ3) is 4.67. The van der Waals surface area contributed by atoms with Gasteiger partial charge >= 0.3 is 0 Å². The maximum atomic E-state index is 12.9. The number of carbonyl (C=O) groups excluding carboxylic acids is 1. The summed E-state index contributed by atoms with van der Waals surface area (Å²) in [6.07, 6.45) is 0.502. The number of aromatic nitrogens is 3. The van der Waals surface area contributed by atoms with Crippen LogP contribution in [0.5, 0.6) is 5.75 Å². The van der Waals surface area contributed by atoms with Crippen molar-refractivity contribution in [1.29, 1.82) is 0 Å². The topological polar surface area (TPSA) is 105 Å². The molecule has 28 heavy (non-hydrogen) atoms. The number of H-pyrrole nitrogens is 1. The third-order valence-corrected chi connectivity index (χ3v) is 7.43. The van der Waals surface area contributed by atoms with E-state index in [2.05, 4.69) is 15.2 Å². The minimum atomic E-state index is -3.04. The van der Waals surface area contributed by atoms with Gasteiger partial charge in [0.05, 0.1) is 23.9 Å². The third-order valence-electron chi connectivity index (χ3n) is 4.73. The largest absolute Gasteiger partial charge is 0.497 e. The molecule has 0 radical (unpaired) electrons. The molecule has 0 spiro atoms. The van der Waals surface area contributed by atoms with Gasteiger partial charge in [-0.3, -0.25) is 9.89 Å². The van der Waals surface area contributed by atoms with Crippen molar-refractivity contribution in [2.75, 3.05) is 25.2 Å². The Labute approximate surface area is 169 Å². The van der Waals surface area contributed by atoms with E-state index in [1.807, 2.05) is 31.2 Å². The summed E-state index contributed by atoms with van der Waals surface area (Å²) in [5.41, 5.74) is 0.866. The molecule has 0 aliphatic carbocycles. The van der Waals surface area contributed by atoms with E-state index in [9.17, 15) is 13.2 Å². The van der Waals surface area contributed by atoms with E-state index >= 15 is 0 Å². The number of sulfone groups is 1. The molecule has 1 N–H and O–H groups in total. The van der Waals surface area contributed by atoms with Gasteiger partial charge in [-0.05, 0) is 44.5 Å². The van der Waals surface area contributed by atoms with Crippen molar-refractivity contribution in [2.45, 2.75) is 36.7 Å². The lowest BCUT2D eigenvalue weighted by Crippen LogP contribution is -2.44. The van der Waals surface area contributed by atoms with Crippen LogP contribution >= 0.6 is 11.8 Å². The van der Waals surface area contributed by atoms with E-state index in [1.165, 1.54) is 11.8 Å². The number of aromatic amines is 1. The number of carbonyl (C=O) groups is 1. The number of benzene rings is 1. The number of rotatable bonds is 7. The quantitative estimate of drug-likeness (QED) is 0.678. The summed E-state index contributed by atoms with van der Waals surface area (Å²) in [6.45, 7) is 4.15. The van der Waals surface area contributed by atoms with Crippen LogP contribution in [-0.4, -0.2) is 70.9 Å². The number of amides is 1. The Bertz CT molecular complexity index is 927. The van der Waals surface area contributed by atoms with Crippen LogP contribution in [0.15, 0.2) is 29.4 Å². The van der Waals surface area contributed by atoms with E-state index in [0.717, 1.165) is 11.3 Å². The van der Waals surface area contributed by atoms with Crippen molar-refractivity contribution in [3.05, 3.63) is 24.3 Å². The Balaban J connectivity index is 1.66. The summed E-state index contributed by atoms with van der Waals surface area (Å²) >= 11 is 1.26. The first-order chi connectivity index (χ1) is 13.3. The molecule has 10 heteroatoms. The second-order valence-electron chi connectivity index (χ2n) is 6.64. The molecular weight excluding hydrogens is 400 g/mol. The summed E-state index contributed by atoms with van der Waals surface area (Å²) in [7, 11) is -1.43. The summed E-state index contributed by atoms with van der Waals surface area (Å²) in [5, 5.41) is 7.14. The lowest BCUT2D eigenvalue weighted by molar-refractivity contribution is -0.131. The summed E-state index contributed by atoms with van der Waals surface area (Å²) in [4.78, 5) is 19.0. The molecule has 1 aromatic heterocycles. The van der Waals surface area contributed by atoms with Gasteiger partial charge in [0.1, 0.15) is 5.75 Å². The van der Waals surface area contributed by atoms with Crippen LogP contribution in [-0.2, 0) is 14.6 Å². The van der Waals surface area contributed by atoms with E-state index in [4.69, 9.17) is 4.74 Å². The van der Waals surface area contributed by atoms with Crippen LogP contribution in [0, 0.1) is 0 Å². The van der Waals surface area contributed by atoms with E-state index in [1.54, 1.807) is 18.9 Å². The smallest absolute Gasteiger partial charge is 0.236 e. The highest BCUT2D eigenvalue weighted by molar-refractivity contribution is 8.00. The fraction of sp³-hybridized carbons (Fsp3) is 0.500. The summed E-state index contributed by atoms with van der Waals surface area (Å²) in [5.74, 6) is 1.47. The van der Waals surface area contributed by atoms with Gasteiger partial charge in [-0.25, -0.2) is 13.4 Å². The normalized spacial score (nSPS) is 19.3. The molecule has 152 valence electrons. The van der Waals surface area contributed by atoms with Crippen LogP contribution in [0.3, 0.4) is 0 Å². The van der Waals surface area contributed by atoms with Gasteiger partial charge < -0.3 is 9.64 Å². The lowest BCUT2D eigenvalue weighted by atomic mass is 10.2. The molecule has 2 atom stereocenters. The van der Waals surface area contributed by atoms with Crippen molar-refractivity contribution in [1.82, 2.24) is 20.1 Å². The average Bonchev–Trinajstić information content (AvgIpc) is 3.28. The lowest BCUT2D eigenvalue weighted by Gasteiger charge is -2.29. The number of ether oxygens (including phenoxy) is 1. The Morgan fingerprint density at radius 1 is 1.39 bits per heavy atom. The highest BCUT2D eigenvalue weighted by atomic mass is 32.2. The maximum Gasteiger partial charge on any atom is 0.236 e. The molecule has 2 aromatic rings. The van der Waals surface area contributed by atoms with Crippen molar-refractivity contribution < 1.29 is 17.9 Å². The van der Waals surface area contributed by atoms with Crippen molar-refractivity contribution in [3.63, 3.8) is 0 Å². The van der Waals surface area contributed by atoms with Crippen LogP contribution in [0.4, 0.5) is 0 Å². The number of hydrogen-bond donors (Lipinski definition) is 1. The molecule has 1 aromatic carbocycles. The molecule has 2 heterocycles. The minimum absolute atomic E-state index is 0.0479. The molecule has 0 bridgehead atoms. The van der Waals surface area contributed by atoms with Gasteiger partial charge in [0, 0.05) is 18.2 Å². The molecule has 3 rings (SSSR count). The van der Waals surface area contributed by atoms with Gasteiger partial charge in [0.2, 0.25) is 11.1 Å². The van der Waals surface area contributed by atoms with E-state index in [0.29, 0.717) is 23.9 Å². The summed E-state index contributed by atoms with van der Waals surface area (Å²) in [6, 6.07) is 7.19. The molecule has 1 aliphatic heterocycles. The highest BCUT2D eigenvalue weighted by Crippen LogP contribution is 2.26. The zero-order chi connectivity index (χ0) is 20.3. The number of methoxy groups -OCH3 is 1. The Hall–Kier alpha value is -2.07. The molecule has 1 aliphatic rings. The standard InChI is InChI=1S/C18H24N4O4S2/c1-4-22(14-9-10-28(24,25)11-14)17(23)12(2)27-18-19-16(20-21-18)13-5-7-15(26-3)8-6-13/h5-8,12,14H,4,9-11H2,1-3H3,(H,19,20,21). The van der Waals surface area contributed by atoms with Crippen LogP contribution < -0.4 is 4.74 Å². The molecule has 1 saturated heterocycles. The van der Waals surface area contributed by atoms with Crippen LogP contribution in [0.25, 0.3) is 11.4 Å². The second kappa shape index (κ2) is 8.52. The number of hydrogen-bond acceptors (Lipinski definition) is 7. The first-order valence-electron chi connectivity index (χ1n) is 9.07. The highest BCUT2D eigenvalue weighted by Gasteiger charge is 2.35. The van der Waals surface area contributed by atoms with E-state index in [-0.39, 0.29) is 23.5 Å². The maximum absolute atomic E-state index is 12.9. The van der Waals surface area contributed by atoms with Gasteiger partial charge in [-0.15, -0.1) is 5.10 Å². The summed E-state index contributed by atoms with van der Waals surface area (Å²) < 4.78 is 28.6. The Morgan fingerprint density at radius 2 is 2.11 bits per heavy atom. The van der Waals surface area contributed by atoms with Crippen LogP contribution in [0.1, 0.15) is 20.3 Å². The van der Waals surface area contributed by atoms with Crippen molar-refractivity contribution >= 4 is 27.5 Å². The zero-order valence-electron chi connectivity index (χ0n) is 16.1. The number of nitrogens with zero attached hydrogens (tertiary/aromatic N) is 3. The van der Waals surface area contributed by atoms with Gasteiger partial charge in [-0.1, -0.05) is 11.8 Å². The number of thioether (sulfide) groups is 1. The predicted molar refractivity (Wildman–Crippen MR) is 108 cm³/mol. The fourth-order valence-corrected chi connectivity index (χ4v) is 5.76. The first-order valence-corrected chi connectivity index (χ1v) is 11.8. The monoisotopic (exact) mass is 424 g/mol. The van der Waals surface area contributed by atoms with Gasteiger partial charge in [0.15, 0.2) is 15.7 Å². The molecule has 8 nitrogen and oxygen atoms in total. The zero-order valence-corrected chi connectivity index (χ0v) is 17.7. The SMILES string of the molecule is CCN(C(=O)C(C)Sc1n[nH]c(-c2ccc(OC)cc2)n1)C1CCS(=O)(=O)C1. The average molecular weight is 425 g/mol. The van der Waals surface area contributed by atoms with E-state index < -0.39 is 15.1 Å². The molecule has 1 amide bonds. The molecule has 0 saturated carbocycles. The number of nitrogens with one attached hydrogen (secondary N) is 1. The Kier molecular flexibility index (Phi) is 6.29. The van der Waals surface area contributed by atoms with Gasteiger partial charge in [-0.2, -0.15) is 0 Å². The predicted octanol–water partition coefficient (Wildman–Crippen LogP) is 2.00. The van der Waals surface area contributed by atoms with Crippen molar-refractivity contribution in [3.8, 4) is 17.1 Å². The molecule has 1 fully saturated rings. The second-order valence-corrected chi connectivity index (χ2v) is 10.2. The minimum Gasteiger partial charge on any atom is -0.497 e. The molecular formula is C18H24N4O4S2. The first kappa shape index (κ1) is 20.7. The Morgan fingerprint density at radius 3 is 2.68 bits per heavy atom.